The van der Waals surface area contributed by atoms with Crippen LogP contribution < -0.4 is 15.4 Å². The van der Waals surface area contributed by atoms with Crippen LogP contribution in [-0.2, 0) is 10.0 Å². The molecule has 0 aliphatic heterocycles. The Kier molecular flexibility index (Phi) is 6.02. The molecule has 0 saturated heterocycles. The molecule has 0 unspecified atom stereocenters. The molecule has 0 saturated carbocycles. The molecule has 11 heteroatoms. The SMILES string of the molecule is O=S(=O)(Nc1ncccn1)c1ccc(NC(=S)Nc2ccc(Cl)c(F)c2)cc1. The number of hydrogen-bond acceptors (Lipinski definition) is 5. The molecule has 0 amide bonds. The lowest BCUT2D eigenvalue weighted by Crippen LogP contribution is -2.19. The van der Waals surface area contributed by atoms with Crippen LogP contribution in [0.25, 0.3) is 0 Å². The van der Waals surface area contributed by atoms with Gasteiger partial charge >= 0.3 is 0 Å². The summed E-state index contributed by atoms with van der Waals surface area (Å²) in [7, 11) is -3.82. The first-order valence-corrected chi connectivity index (χ1v) is 10.0. The summed E-state index contributed by atoms with van der Waals surface area (Å²) in [5, 5.41) is 5.90. The summed E-state index contributed by atoms with van der Waals surface area (Å²) >= 11 is 10.8. The zero-order valence-corrected chi connectivity index (χ0v) is 16.4. The summed E-state index contributed by atoms with van der Waals surface area (Å²) in [6.45, 7) is 0. The van der Waals surface area contributed by atoms with Gasteiger partial charge in [0.25, 0.3) is 10.0 Å². The largest absolute Gasteiger partial charge is 0.332 e. The van der Waals surface area contributed by atoms with Gasteiger partial charge in [-0.3, -0.25) is 0 Å². The average molecular weight is 438 g/mol. The van der Waals surface area contributed by atoms with Gasteiger partial charge in [0, 0.05) is 23.8 Å². The van der Waals surface area contributed by atoms with Crippen LogP contribution in [0.4, 0.5) is 21.7 Å². The number of benzene rings is 2. The van der Waals surface area contributed by atoms with Crippen molar-refractivity contribution in [2.75, 3.05) is 15.4 Å². The lowest BCUT2D eigenvalue weighted by atomic mass is 10.3. The van der Waals surface area contributed by atoms with E-state index < -0.39 is 15.8 Å². The predicted molar refractivity (Wildman–Crippen MR) is 111 cm³/mol. The van der Waals surface area contributed by atoms with Crippen molar-refractivity contribution in [1.29, 1.82) is 0 Å². The predicted octanol–water partition coefficient (Wildman–Crippen LogP) is 3.88. The second-order valence-corrected chi connectivity index (χ2v) is 7.91. The monoisotopic (exact) mass is 437 g/mol. The molecule has 28 heavy (non-hydrogen) atoms. The molecule has 144 valence electrons. The number of nitrogens with zero attached hydrogens (tertiary/aromatic N) is 2. The maximum atomic E-state index is 13.5. The van der Waals surface area contributed by atoms with Crippen molar-refractivity contribution < 1.29 is 12.8 Å². The van der Waals surface area contributed by atoms with E-state index in [4.69, 9.17) is 23.8 Å². The maximum Gasteiger partial charge on any atom is 0.264 e. The van der Waals surface area contributed by atoms with E-state index in [9.17, 15) is 12.8 Å². The second kappa shape index (κ2) is 8.46. The quantitative estimate of drug-likeness (QED) is 0.521. The highest BCUT2D eigenvalue weighted by molar-refractivity contribution is 7.92. The molecule has 3 N–H and O–H groups in total. The Balaban J connectivity index is 1.65. The average Bonchev–Trinajstić information content (AvgIpc) is 2.65. The normalized spacial score (nSPS) is 10.9. The van der Waals surface area contributed by atoms with Crippen molar-refractivity contribution in [2.24, 2.45) is 0 Å². The molecule has 0 fully saturated rings. The van der Waals surface area contributed by atoms with Gasteiger partial charge in [-0.05, 0) is 60.7 Å². The Morgan fingerprint density at radius 1 is 1.00 bits per heavy atom. The van der Waals surface area contributed by atoms with Crippen LogP contribution >= 0.6 is 23.8 Å². The van der Waals surface area contributed by atoms with E-state index in [1.54, 1.807) is 12.1 Å². The number of rotatable bonds is 5. The molecule has 0 radical (unpaired) electrons. The Morgan fingerprint density at radius 2 is 1.61 bits per heavy atom. The second-order valence-electron chi connectivity index (χ2n) is 5.41. The van der Waals surface area contributed by atoms with Crippen molar-refractivity contribution in [3.8, 4) is 0 Å². The first kappa shape index (κ1) is 19.9. The standard InChI is InChI=1S/C17H13ClFN5O2S2/c18-14-7-4-12(10-15(14)19)23-17(27)22-11-2-5-13(6-3-11)28(25,26)24-16-20-8-1-9-21-16/h1-10H,(H,20,21,24)(H2,22,23,27). The first-order chi connectivity index (χ1) is 13.3. The molecule has 1 aromatic heterocycles. The third-order valence-corrected chi connectivity index (χ3v) is 5.25. The van der Waals surface area contributed by atoms with Gasteiger partial charge in [0.05, 0.1) is 9.92 Å². The van der Waals surface area contributed by atoms with Gasteiger partial charge in [-0.1, -0.05) is 11.6 Å². The Labute approximate surface area is 171 Å². The van der Waals surface area contributed by atoms with E-state index in [1.807, 2.05) is 0 Å². The van der Waals surface area contributed by atoms with Crippen LogP contribution in [0.2, 0.25) is 5.02 Å². The Morgan fingerprint density at radius 3 is 2.25 bits per heavy atom. The highest BCUT2D eigenvalue weighted by atomic mass is 35.5. The summed E-state index contributed by atoms with van der Waals surface area (Å²) in [4.78, 5) is 7.68. The fourth-order valence-corrected chi connectivity index (χ4v) is 3.43. The minimum atomic E-state index is -3.82. The molecule has 2 aromatic carbocycles. The van der Waals surface area contributed by atoms with E-state index in [-0.39, 0.29) is 21.0 Å². The number of thiocarbonyl (C=S) groups is 1. The minimum absolute atomic E-state index is 0.00994. The summed E-state index contributed by atoms with van der Waals surface area (Å²) < 4.78 is 40.4. The highest BCUT2D eigenvalue weighted by Gasteiger charge is 2.15. The minimum Gasteiger partial charge on any atom is -0.332 e. The van der Waals surface area contributed by atoms with Gasteiger partial charge in [-0.15, -0.1) is 0 Å². The van der Waals surface area contributed by atoms with Crippen molar-refractivity contribution in [3.63, 3.8) is 0 Å². The lowest BCUT2D eigenvalue weighted by Gasteiger charge is -2.12. The molecule has 0 aliphatic carbocycles. The fourth-order valence-electron chi connectivity index (χ4n) is 2.12. The Hall–Kier alpha value is -2.82. The first-order valence-electron chi connectivity index (χ1n) is 7.76. The van der Waals surface area contributed by atoms with Gasteiger partial charge < -0.3 is 10.6 Å². The highest BCUT2D eigenvalue weighted by Crippen LogP contribution is 2.20. The molecule has 0 spiro atoms. The van der Waals surface area contributed by atoms with Gasteiger partial charge in [0.15, 0.2) is 5.11 Å². The molecular formula is C17H13ClFN5O2S2. The number of nitrogens with one attached hydrogen (secondary N) is 3. The smallest absolute Gasteiger partial charge is 0.264 e. The summed E-state index contributed by atoms with van der Waals surface area (Å²) in [6.07, 6.45) is 2.86. The molecule has 3 rings (SSSR count). The lowest BCUT2D eigenvalue weighted by molar-refractivity contribution is 0.601. The third kappa shape index (κ3) is 5.12. The van der Waals surface area contributed by atoms with E-state index in [0.717, 1.165) is 0 Å². The topological polar surface area (TPSA) is 96.0 Å². The van der Waals surface area contributed by atoms with Gasteiger partial charge in [-0.2, -0.15) is 0 Å². The van der Waals surface area contributed by atoms with Crippen LogP contribution in [0.3, 0.4) is 0 Å². The van der Waals surface area contributed by atoms with E-state index in [0.29, 0.717) is 11.4 Å². The molecule has 1 heterocycles. The van der Waals surface area contributed by atoms with Crippen LogP contribution in [0.15, 0.2) is 65.8 Å². The number of aromatic nitrogens is 2. The van der Waals surface area contributed by atoms with Gasteiger partial charge in [0.1, 0.15) is 5.82 Å². The molecule has 0 atom stereocenters. The number of sulfonamides is 1. The third-order valence-electron chi connectivity index (χ3n) is 3.39. The number of hydrogen-bond donors (Lipinski definition) is 3. The summed E-state index contributed by atoms with van der Waals surface area (Å²) in [5.41, 5.74) is 0.965. The van der Waals surface area contributed by atoms with Crippen LogP contribution in [0.1, 0.15) is 0 Å². The fraction of sp³-hybridized carbons (Fsp3) is 0. The molecule has 3 aromatic rings. The van der Waals surface area contributed by atoms with E-state index >= 15 is 0 Å². The van der Waals surface area contributed by atoms with Crippen molar-refractivity contribution in [2.45, 2.75) is 4.90 Å². The van der Waals surface area contributed by atoms with Crippen molar-refractivity contribution >= 4 is 56.3 Å². The summed E-state index contributed by atoms with van der Waals surface area (Å²) in [5.74, 6) is -0.593. The van der Waals surface area contributed by atoms with Crippen LogP contribution in [0.5, 0.6) is 0 Å². The maximum absolute atomic E-state index is 13.5. The van der Waals surface area contributed by atoms with Gasteiger partial charge in [0.2, 0.25) is 5.95 Å². The molecule has 7 nitrogen and oxygen atoms in total. The van der Waals surface area contributed by atoms with Crippen LogP contribution in [-0.4, -0.2) is 23.5 Å². The van der Waals surface area contributed by atoms with Crippen molar-refractivity contribution in [1.82, 2.24) is 9.97 Å². The number of anilines is 3. The van der Waals surface area contributed by atoms with Crippen LogP contribution in [0, 0.1) is 5.82 Å². The zero-order chi connectivity index (χ0) is 20.1. The molecular weight excluding hydrogens is 425 g/mol. The van der Waals surface area contributed by atoms with Gasteiger partial charge in [-0.25, -0.2) is 27.5 Å². The molecule has 0 aliphatic rings. The molecule has 0 bridgehead atoms. The zero-order valence-electron chi connectivity index (χ0n) is 14.1. The van der Waals surface area contributed by atoms with E-state index in [2.05, 4.69) is 25.3 Å². The summed E-state index contributed by atoms with van der Waals surface area (Å²) in [6, 6.07) is 11.7. The van der Waals surface area contributed by atoms with Crippen molar-refractivity contribution in [3.05, 3.63) is 71.8 Å². The number of halogens is 2. The Bertz CT molecular complexity index is 1100. The van der Waals surface area contributed by atoms with E-state index in [1.165, 1.54) is 48.8 Å².